The minimum absolute atomic E-state index is 0.269. The Morgan fingerprint density at radius 1 is 1.18 bits per heavy atom. The molecule has 114 valence electrons. The van der Waals surface area contributed by atoms with Crippen LogP contribution < -0.4 is 4.74 Å². The number of para-hydroxylation sites is 1. The molecule has 1 heterocycles. The lowest BCUT2D eigenvalue weighted by atomic mass is 10.1. The summed E-state index contributed by atoms with van der Waals surface area (Å²) in [7, 11) is 1.41. The number of allylic oxidation sites excluding steroid dienone is 1. The maximum absolute atomic E-state index is 12.8. The zero-order valence-electron chi connectivity index (χ0n) is 11.6. The van der Waals surface area contributed by atoms with E-state index in [2.05, 4.69) is 4.98 Å². The van der Waals surface area contributed by atoms with Gasteiger partial charge in [0, 0.05) is 6.20 Å². The predicted molar refractivity (Wildman–Crippen MR) is 75.6 cm³/mol. The van der Waals surface area contributed by atoms with E-state index in [-0.39, 0.29) is 11.3 Å². The van der Waals surface area contributed by atoms with Crippen molar-refractivity contribution >= 4 is 11.9 Å². The van der Waals surface area contributed by atoms with Gasteiger partial charge in [-0.1, -0.05) is 12.1 Å². The Hall–Kier alpha value is -2.63. The molecule has 0 aliphatic rings. The average molecular weight is 307 g/mol. The van der Waals surface area contributed by atoms with Gasteiger partial charge in [-0.2, -0.15) is 13.2 Å². The fourth-order valence-electron chi connectivity index (χ4n) is 1.88. The number of carbonyl (C=O) groups excluding carboxylic acids is 1. The van der Waals surface area contributed by atoms with Crippen LogP contribution in [0.2, 0.25) is 0 Å². The van der Waals surface area contributed by atoms with Gasteiger partial charge in [-0.3, -0.25) is 9.78 Å². The molecule has 2 aromatic rings. The van der Waals surface area contributed by atoms with Gasteiger partial charge in [0.25, 0.3) is 0 Å². The van der Waals surface area contributed by atoms with Crippen LogP contribution in [0.3, 0.4) is 0 Å². The third-order valence-electron chi connectivity index (χ3n) is 2.91. The molecule has 0 amide bonds. The Morgan fingerprint density at radius 2 is 1.91 bits per heavy atom. The highest BCUT2D eigenvalue weighted by Gasteiger charge is 2.33. The van der Waals surface area contributed by atoms with Crippen molar-refractivity contribution < 1.29 is 22.7 Å². The number of alkyl halides is 3. The monoisotopic (exact) mass is 307 g/mol. The topological polar surface area (TPSA) is 39.2 Å². The predicted octanol–water partition coefficient (Wildman–Crippen LogP) is 4.01. The van der Waals surface area contributed by atoms with Crippen LogP contribution in [0.4, 0.5) is 13.2 Å². The summed E-state index contributed by atoms with van der Waals surface area (Å²) in [5.41, 5.74) is -0.928. The summed E-state index contributed by atoms with van der Waals surface area (Å²) in [4.78, 5) is 15.7. The molecule has 0 aliphatic heterocycles. The van der Waals surface area contributed by atoms with Gasteiger partial charge in [0.1, 0.15) is 5.75 Å². The second kappa shape index (κ2) is 6.43. The van der Waals surface area contributed by atoms with Gasteiger partial charge in [0.15, 0.2) is 5.78 Å². The molecule has 0 unspecified atom stereocenters. The van der Waals surface area contributed by atoms with Gasteiger partial charge in [-0.25, -0.2) is 0 Å². The van der Waals surface area contributed by atoms with Crippen molar-refractivity contribution in [2.75, 3.05) is 7.11 Å². The Morgan fingerprint density at radius 3 is 2.59 bits per heavy atom. The molecule has 0 fully saturated rings. The number of hydrogen-bond donors (Lipinski definition) is 0. The second-order valence-corrected chi connectivity index (χ2v) is 4.33. The number of nitrogens with zero attached hydrogens (tertiary/aromatic N) is 1. The molecule has 0 aliphatic carbocycles. The molecule has 0 N–H and O–H groups in total. The number of rotatable bonds is 4. The fourth-order valence-corrected chi connectivity index (χ4v) is 1.88. The first-order valence-corrected chi connectivity index (χ1v) is 6.31. The lowest BCUT2D eigenvalue weighted by Gasteiger charge is -2.08. The highest BCUT2D eigenvalue weighted by atomic mass is 19.4. The zero-order chi connectivity index (χ0) is 16.2. The summed E-state index contributed by atoms with van der Waals surface area (Å²) in [5, 5.41) is 0. The van der Waals surface area contributed by atoms with Crippen molar-refractivity contribution in [2.45, 2.75) is 6.18 Å². The van der Waals surface area contributed by atoms with Gasteiger partial charge in [0.05, 0.1) is 23.9 Å². The molecule has 3 nitrogen and oxygen atoms in total. The number of ketones is 1. The van der Waals surface area contributed by atoms with E-state index in [1.165, 1.54) is 25.4 Å². The third-order valence-corrected chi connectivity index (χ3v) is 2.91. The Labute approximate surface area is 125 Å². The van der Waals surface area contributed by atoms with Crippen LogP contribution in [0.5, 0.6) is 5.75 Å². The summed E-state index contributed by atoms with van der Waals surface area (Å²) in [5.74, 6) is -0.106. The highest BCUT2D eigenvalue weighted by Crippen LogP contribution is 2.31. The molecule has 1 aromatic heterocycles. The molecule has 2 rings (SSSR count). The fraction of sp³-hybridized carbons (Fsp3) is 0.125. The lowest BCUT2D eigenvalue weighted by molar-refractivity contribution is -0.138. The van der Waals surface area contributed by atoms with Gasteiger partial charge in [-0.05, 0) is 36.4 Å². The number of hydrogen-bond acceptors (Lipinski definition) is 3. The van der Waals surface area contributed by atoms with Gasteiger partial charge in [0.2, 0.25) is 0 Å². The summed E-state index contributed by atoms with van der Waals surface area (Å²) in [6.45, 7) is 0. The quantitative estimate of drug-likeness (QED) is 0.633. The maximum Gasteiger partial charge on any atom is 0.418 e. The molecular formula is C16H12F3NO2. The van der Waals surface area contributed by atoms with Crippen LogP contribution in [0, 0.1) is 0 Å². The smallest absolute Gasteiger partial charge is 0.418 e. The van der Waals surface area contributed by atoms with E-state index in [0.717, 1.165) is 18.2 Å². The van der Waals surface area contributed by atoms with Crippen molar-refractivity contribution in [1.82, 2.24) is 4.98 Å². The standard InChI is InChI=1S/C16H12F3NO2/c1-22-15-7-3-2-5-11(15)14(21)9-8-13-12(16(17,18)19)6-4-10-20-13/h2-10H,1H3/b9-8+. The van der Waals surface area contributed by atoms with Gasteiger partial charge in [-0.15, -0.1) is 0 Å². The van der Waals surface area contributed by atoms with Crippen LogP contribution in [0.15, 0.2) is 48.7 Å². The van der Waals surface area contributed by atoms with Crippen molar-refractivity contribution in [3.8, 4) is 5.75 Å². The minimum atomic E-state index is -4.53. The molecule has 0 spiro atoms. The molecule has 22 heavy (non-hydrogen) atoms. The Kier molecular flexibility index (Phi) is 4.60. The molecule has 0 atom stereocenters. The number of carbonyl (C=O) groups is 1. The van der Waals surface area contributed by atoms with Crippen molar-refractivity contribution in [2.24, 2.45) is 0 Å². The number of halogens is 3. The first kappa shape index (κ1) is 15.8. The zero-order valence-corrected chi connectivity index (χ0v) is 11.6. The summed E-state index contributed by atoms with van der Waals surface area (Å²) in [6, 6.07) is 8.59. The number of pyridine rings is 1. The van der Waals surface area contributed by atoms with E-state index in [1.807, 2.05) is 0 Å². The van der Waals surface area contributed by atoms with Crippen molar-refractivity contribution in [1.29, 1.82) is 0 Å². The SMILES string of the molecule is COc1ccccc1C(=O)/C=C/c1ncccc1C(F)(F)F. The summed E-state index contributed by atoms with van der Waals surface area (Å²) < 4.78 is 43.6. The van der Waals surface area contributed by atoms with Crippen LogP contribution in [0.25, 0.3) is 6.08 Å². The molecule has 1 aromatic carbocycles. The van der Waals surface area contributed by atoms with E-state index in [0.29, 0.717) is 5.75 Å². The molecular weight excluding hydrogens is 295 g/mol. The third kappa shape index (κ3) is 3.52. The molecule has 0 saturated carbocycles. The summed E-state index contributed by atoms with van der Waals surface area (Å²) in [6.07, 6.45) is -1.18. The molecule has 6 heteroatoms. The minimum Gasteiger partial charge on any atom is -0.496 e. The van der Waals surface area contributed by atoms with Gasteiger partial charge < -0.3 is 4.74 Å². The van der Waals surface area contributed by atoms with Crippen LogP contribution in [-0.4, -0.2) is 17.9 Å². The van der Waals surface area contributed by atoms with E-state index < -0.39 is 17.5 Å². The van der Waals surface area contributed by atoms with E-state index in [4.69, 9.17) is 4.74 Å². The Bertz CT molecular complexity index is 709. The number of benzene rings is 1. The number of ether oxygens (including phenoxy) is 1. The Balaban J connectivity index is 2.32. The van der Waals surface area contributed by atoms with Crippen molar-refractivity contribution in [3.05, 3.63) is 65.5 Å². The van der Waals surface area contributed by atoms with Crippen LogP contribution >= 0.6 is 0 Å². The average Bonchev–Trinajstić information content (AvgIpc) is 2.52. The van der Waals surface area contributed by atoms with Crippen molar-refractivity contribution in [3.63, 3.8) is 0 Å². The van der Waals surface area contributed by atoms with Crippen LogP contribution in [-0.2, 0) is 6.18 Å². The van der Waals surface area contributed by atoms with E-state index >= 15 is 0 Å². The van der Waals surface area contributed by atoms with E-state index in [9.17, 15) is 18.0 Å². The highest BCUT2D eigenvalue weighted by molar-refractivity contribution is 6.08. The maximum atomic E-state index is 12.8. The normalized spacial score (nSPS) is 11.6. The first-order valence-electron chi connectivity index (χ1n) is 6.31. The van der Waals surface area contributed by atoms with Crippen LogP contribution in [0.1, 0.15) is 21.6 Å². The second-order valence-electron chi connectivity index (χ2n) is 4.33. The number of methoxy groups -OCH3 is 1. The molecule has 0 radical (unpaired) electrons. The molecule has 0 saturated heterocycles. The first-order chi connectivity index (χ1) is 10.4. The summed E-state index contributed by atoms with van der Waals surface area (Å²) >= 11 is 0. The van der Waals surface area contributed by atoms with E-state index in [1.54, 1.807) is 18.2 Å². The largest absolute Gasteiger partial charge is 0.496 e. The lowest BCUT2D eigenvalue weighted by Crippen LogP contribution is -2.08. The number of aromatic nitrogens is 1. The van der Waals surface area contributed by atoms with Gasteiger partial charge >= 0.3 is 6.18 Å². The molecule has 0 bridgehead atoms.